The monoisotopic (exact) mass is 322 g/mol. The fourth-order valence-corrected chi connectivity index (χ4v) is 2.12. The van der Waals surface area contributed by atoms with Crippen LogP contribution in [-0.4, -0.2) is 9.78 Å². The average Bonchev–Trinajstić information content (AvgIpc) is 2.63. The Bertz CT molecular complexity index is 838. The highest BCUT2D eigenvalue weighted by atomic mass is 16.5. The Hall–Kier alpha value is -2.88. The summed E-state index contributed by atoms with van der Waals surface area (Å²) in [6.45, 7) is 7.82. The standard InChI is InChI=1S/C18H16N2O2.C2H6/c1-13-8-10-16(11-9-13)22-17-14(2)12-19-20(18(17)21)15-6-4-3-5-7-15;1-2/h3-12H,1-2H3;1-2H3. The van der Waals surface area contributed by atoms with Crippen molar-refractivity contribution in [2.45, 2.75) is 27.7 Å². The van der Waals surface area contributed by atoms with Crippen molar-refractivity contribution in [1.29, 1.82) is 0 Å². The molecule has 0 bridgehead atoms. The average molecular weight is 322 g/mol. The first-order valence-electron chi connectivity index (χ1n) is 8.04. The third-order valence-corrected chi connectivity index (χ3v) is 3.35. The zero-order valence-electron chi connectivity index (χ0n) is 14.5. The van der Waals surface area contributed by atoms with Crippen LogP contribution in [0.1, 0.15) is 25.0 Å². The number of benzene rings is 2. The fourth-order valence-electron chi connectivity index (χ4n) is 2.12. The molecule has 0 atom stereocenters. The summed E-state index contributed by atoms with van der Waals surface area (Å²) in [4.78, 5) is 12.6. The van der Waals surface area contributed by atoms with Crippen molar-refractivity contribution in [2.24, 2.45) is 0 Å². The summed E-state index contributed by atoms with van der Waals surface area (Å²) in [5, 5.41) is 4.19. The number of nitrogens with zero attached hydrogens (tertiary/aromatic N) is 2. The van der Waals surface area contributed by atoms with Gasteiger partial charge in [-0.1, -0.05) is 49.7 Å². The first-order chi connectivity index (χ1) is 11.6. The maximum Gasteiger partial charge on any atom is 0.314 e. The van der Waals surface area contributed by atoms with Crippen LogP contribution >= 0.6 is 0 Å². The van der Waals surface area contributed by atoms with Crippen LogP contribution in [0.5, 0.6) is 11.5 Å². The van der Waals surface area contributed by atoms with Gasteiger partial charge in [-0.2, -0.15) is 9.78 Å². The van der Waals surface area contributed by atoms with E-state index in [1.807, 2.05) is 82.3 Å². The van der Waals surface area contributed by atoms with Gasteiger partial charge in [0.05, 0.1) is 11.9 Å². The van der Waals surface area contributed by atoms with Crippen molar-refractivity contribution < 1.29 is 4.74 Å². The molecule has 1 heterocycles. The molecule has 124 valence electrons. The number of para-hydroxylation sites is 1. The van der Waals surface area contributed by atoms with Crippen LogP contribution in [0.15, 0.2) is 65.6 Å². The summed E-state index contributed by atoms with van der Waals surface area (Å²) in [6, 6.07) is 16.9. The van der Waals surface area contributed by atoms with Gasteiger partial charge < -0.3 is 4.74 Å². The van der Waals surface area contributed by atoms with Gasteiger partial charge in [-0.3, -0.25) is 4.79 Å². The molecule has 0 N–H and O–H groups in total. The van der Waals surface area contributed by atoms with E-state index < -0.39 is 0 Å². The van der Waals surface area contributed by atoms with Crippen molar-refractivity contribution >= 4 is 0 Å². The number of aryl methyl sites for hydroxylation is 2. The first-order valence-corrected chi connectivity index (χ1v) is 8.04. The molecule has 0 fully saturated rings. The van der Waals surface area contributed by atoms with E-state index in [4.69, 9.17) is 4.74 Å². The highest BCUT2D eigenvalue weighted by Gasteiger charge is 2.12. The molecule has 0 saturated heterocycles. The molecular formula is C20H22N2O2. The lowest BCUT2D eigenvalue weighted by atomic mass is 10.2. The van der Waals surface area contributed by atoms with Crippen molar-refractivity contribution in [1.82, 2.24) is 9.78 Å². The summed E-state index contributed by atoms with van der Waals surface area (Å²) in [5.74, 6) is 0.930. The van der Waals surface area contributed by atoms with Gasteiger partial charge in [0.15, 0.2) is 5.75 Å². The van der Waals surface area contributed by atoms with Gasteiger partial charge in [0, 0.05) is 5.56 Å². The minimum atomic E-state index is -0.272. The van der Waals surface area contributed by atoms with E-state index in [0.717, 1.165) is 5.56 Å². The second kappa shape index (κ2) is 8.11. The molecular weight excluding hydrogens is 300 g/mol. The van der Waals surface area contributed by atoms with E-state index in [1.54, 1.807) is 6.20 Å². The maximum absolute atomic E-state index is 12.6. The molecule has 3 aromatic rings. The highest BCUT2D eigenvalue weighted by Crippen LogP contribution is 2.21. The molecule has 24 heavy (non-hydrogen) atoms. The minimum absolute atomic E-state index is 0.272. The molecule has 0 radical (unpaired) electrons. The molecule has 2 aromatic carbocycles. The highest BCUT2D eigenvalue weighted by molar-refractivity contribution is 5.38. The first kappa shape index (κ1) is 17.5. The largest absolute Gasteiger partial charge is 0.451 e. The van der Waals surface area contributed by atoms with Gasteiger partial charge in [0.1, 0.15) is 5.75 Å². The summed E-state index contributed by atoms with van der Waals surface area (Å²) < 4.78 is 7.13. The quantitative estimate of drug-likeness (QED) is 0.704. The number of rotatable bonds is 3. The predicted octanol–water partition coefficient (Wildman–Crippen LogP) is 4.67. The Morgan fingerprint density at radius 1 is 0.917 bits per heavy atom. The second-order valence-electron chi connectivity index (χ2n) is 5.12. The fraction of sp³-hybridized carbons (Fsp3) is 0.200. The Morgan fingerprint density at radius 3 is 2.17 bits per heavy atom. The van der Waals surface area contributed by atoms with Gasteiger partial charge in [-0.25, -0.2) is 0 Å². The Balaban J connectivity index is 0.00000100. The molecule has 4 nitrogen and oxygen atoms in total. The van der Waals surface area contributed by atoms with Gasteiger partial charge in [0.25, 0.3) is 0 Å². The summed E-state index contributed by atoms with van der Waals surface area (Å²) in [6.07, 6.45) is 1.64. The van der Waals surface area contributed by atoms with E-state index >= 15 is 0 Å². The molecule has 0 spiro atoms. The number of hydrogen-bond donors (Lipinski definition) is 0. The van der Waals surface area contributed by atoms with E-state index in [-0.39, 0.29) is 5.56 Å². The molecule has 0 aliphatic rings. The zero-order chi connectivity index (χ0) is 17.5. The smallest absolute Gasteiger partial charge is 0.314 e. The van der Waals surface area contributed by atoms with Crippen LogP contribution in [0.25, 0.3) is 5.69 Å². The van der Waals surface area contributed by atoms with Crippen LogP contribution in [0.4, 0.5) is 0 Å². The van der Waals surface area contributed by atoms with Gasteiger partial charge in [-0.05, 0) is 38.1 Å². The predicted molar refractivity (Wildman–Crippen MR) is 97.2 cm³/mol. The maximum atomic E-state index is 12.6. The number of ether oxygens (including phenoxy) is 1. The van der Waals surface area contributed by atoms with E-state index in [1.165, 1.54) is 4.68 Å². The third kappa shape index (κ3) is 3.90. The summed E-state index contributed by atoms with van der Waals surface area (Å²) >= 11 is 0. The number of aromatic nitrogens is 2. The lowest BCUT2D eigenvalue weighted by molar-refractivity contribution is 0.463. The van der Waals surface area contributed by atoms with Gasteiger partial charge in [0.2, 0.25) is 0 Å². The molecule has 0 aliphatic heterocycles. The van der Waals surface area contributed by atoms with Crippen molar-refractivity contribution in [3.8, 4) is 17.2 Å². The van der Waals surface area contributed by atoms with Crippen molar-refractivity contribution in [3.63, 3.8) is 0 Å². The van der Waals surface area contributed by atoms with E-state index in [9.17, 15) is 4.79 Å². The molecule has 0 aliphatic carbocycles. The van der Waals surface area contributed by atoms with Gasteiger partial charge in [-0.15, -0.1) is 0 Å². The number of hydrogen-bond acceptors (Lipinski definition) is 3. The summed E-state index contributed by atoms with van der Waals surface area (Å²) in [7, 11) is 0. The van der Waals surface area contributed by atoms with E-state index in [0.29, 0.717) is 22.7 Å². The Morgan fingerprint density at radius 2 is 1.54 bits per heavy atom. The van der Waals surface area contributed by atoms with Crippen LogP contribution in [-0.2, 0) is 0 Å². The SMILES string of the molecule is CC.Cc1ccc(Oc2c(C)cnn(-c3ccccc3)c2=O)cc1. The van der Waals surface area contributed by atoms with Crippen molar-refractivity contribution in [3.05, 3.63) is 82.3 Å². The Kier molecular flexibility index (Phi) is 5.90. The van der Waals surface area contributed by atoms with Gasteiger partial charge >= 0.3 is 5.56 Å². The van der Waals surface area contributed by atoms with Crippen LogP contribution in [0, 0.1) is 13.8 Å². The third-order valence-electron chi connectivity index (χ3n) is 3.35. The van der Waals surface area contributed by atoms with Crippen LogP contribution < -0.4 is 10.3 Å². The molecule has 3 rings (SSSR count). The zero-order valence-corrected chi connectivity index (χ0v) is 14.5. The lowest BCUT2D eigenvalue weighted by Crippen LogP contribution is -2.22. The van der Waals surface area contributed by atoms with E-state index in [2.05, 4.69) is 5.10 Å². The molecule has 4 heteroatoms. The minimum Gasteiger partial charge on any atom is -0.451 e. The topological polar surface area (TPSA) is 44.1 Å². The second-order valence-corrected chi connectivity index (χ2v) is 5.12. The molecule has 1 aromatic heterocycles. The van der Waals surface area contributed by atoms with Crippen LogP contribution in [0.2, 0.25) is 0 Å². The lowest BCUT2D eigenvalue weighted by Gasteiger charge is -2.11. The molecule has 0 saturated carbocycles. The van der Waals surface area contributed by atoms with Crippen LogP contribution in [0.3, 0.4) is 0 Å². The van der Waals surface area contributed by atoms with Crippen molar-refractivity contribution in [2.75, 3.05) is 0 Å². The Labute approximate surface area is 142 Å². The molecule has 0 amide bonds. The molecule has 0 unspecified atom stereocenters. The normalized spacial score (nSPS) is 9.83. The summed E-state index contributed by atoms with van der Waals surface area (Å²) in [5.41, 5.74) is 2.28.